The molecule has 0 saturated heterocycles. The van der Waals surface area contributed by atoms with Gasteiger partial charge in [-0.05, 0) is 36.8 Å². The van der Waals surface area contributed by atoms with Crippen molar-refractivity contribution in [1.82, 2.24) is 5.16 Å². The molecule has 0 fully saturated rings. The number of aromatic nitrogens is 1. The molecule has 0 atom stereocenters. The van der Waals surface area contributed by atoms with Gasteiger partial charge >= 0.3 is 6.18 Å². The molecule has 0 spiro atoms. The molecule has 5 nitrogen and oxygen atoms in total. The molecule has 154 valence electrons. The maximum absolute atomic E-state index is 14.6. The van der Waals surface area contributed by atoms with Crippen molar-refractivity contribution in [1.29, 1.82) is 0 Å². The van der Waals surface area contributed by atoms with Crippen molar-refractivity contribution in [2.75, 3.05) is 0 Å². The second-order valence-electron chi connectivity index (χ2n) is 6.00. The second-order valence-corrected chi connectivity index (χ2v) is 7.94. The van der Waals surface area contributed by atoms with Gasteiger partial charge in [0.1, 0.15) is 22.2 Å². The first-order chi connectivity index (χ1) is 13.3. The zero-order valence-corrected chi connectivity index (χ0v) is 15.9. The van der Waals surface area contributed by atoms with E-state index in [1.807, 2.05) is 0 Å². The molecule has 29 heavy (non-hydrogen) atoms. The summed E-state index contributed by atoms with van der Waals surface area (Å²) in [5.74, 6) is -4.67. The Morgan fingerprint density at radius 3 is 2.31 bits per heavy atom. The summed E-state index contributed by atoms with van der Waals surface area (Å²) < 4.78 is 96.1. The van der Waals surface area contributed by atoms with Crippen LogP contribution in [0.5, 0.6) is 0 Å². The zero-order chi connectivity index (χ0) is 21.7. The van der Waals surface area contributed by atoms with Crippen molar-refractivity contribution in [2.45, 2.75) is 18.0 Å². The van der Waals surface area contributed by atoms with Gasteiger partial charge in [-0.1, -0.05) is 22.8 Å². The highest BCUT2D eigenvalue weighted by molar-refractivity contribution is 7.89. The van der Waals surface area contributed by atoms with Gasteiger partial charge in [0, 0.05) is 16.1 Å². The largest absolute Gasteiger partial charge is 0.453 e. The van der Waals surface area contributed by atoms with Crippen LogP contribution in [-0.2, 0) is 16.2 Å². The fraction of sp³-hybridized carbons (Fsp3) is 0.118. The SMILES string of the molecule is Cc1cc(-c2noc(C(F)(F)F)c2-c2cc(F)c(S(N)(=O)=O)cc2F)ccc1Cl. The van der Waals surface area contributed by atoms with Gasteiger partial charge in [0.15, 0.2) is 0 Å². The molecule has 0 bridgehead atoms. The van der Waals surface area contributed by atoms with Crippen LogP contribution in [0.4, 0.5) is 22.0 Å². The summed E-state index contributed by atoms with van der Waals surface area (Å²) in [4.78, 5) is -1.20. The van der Waals surface area contributed by atoms with E-state index in [2.05, 4.69) is 9.68 Å². The van der Waals surface area contributed by atoms with Crippen LogP contribution in [0.1, 0.15) is 11.3 Å². The molecule has 3 rings (SSSR count). The lowest BCUT2D eigenvalue weighted by Crippen LogP contribution is -2.15. The Labute approximate surface area is 165 Å². The van der Waals surface area contributed by atoms with E-state index in [4.69, 9.17) is 16.7 Å². The van der Waals surface area contributed by atoms with Crippen LogP contribution in [0.25, 0.3) is 22.4 Å². The van der Waals surface area contributed by atoms with Crippen LogP contribution in [-0.4, -0.2) is 13.6 Å². The predicted molar refractivity (Wildman–Crippen MR) is 93.4 cm³/mol. The number of hydrogen-bond donors (Lipinski definition) is 1. The number of hydrogen-bond acceptors (Lipinski definition) is 4. The molecule has 1 heterocycles. The fourth-order valence-corrected chi connectivity index (χ4v) is 3.38. The highest BCUT2D eigenvalue weighted by atomic mass is 35.5. The van der Waals surface area contributed by atoms with Gasteiger partial charge in [-0.15, -0.1) is 0 Å². The van der Waals surface area contributed by atoms with Crippen molar-refractivity contribution >= 4 is 21.6 Å². The van der Waals surface area contributed by atoms with Gasteiger partial charge in [0.25, 0.3) is 0 Å². The molecule has 2 aromatic carbocycles. The molecule has 0 aliphatic carbocycles. The summed E-state index contributed by atoms with van der Waals surface area (Å²) in [6.45, 7) is 1.58. The van der Waals surface area contributed by atoms with Crippen molar-refractivity contribution in [3.8, 4) is 22.4 Å². The maximum atomic E-state index is 14.6. The molecule has 0 unspecified atom stereocenters. The van der Waals surface area contributed by atoms with Crippen molar-refractivity contribution in [3.05, 3.63) is 58.3 Å². The number of alkyl halides is 3. The fourth-order valence-electron chi connectivity index (χ4n) is 2.66. The summed E-state index contributed by atoms with van der Waals surface area (Å²) >= 11 is 5.91. The minimum absolute atomic E-state index is 0.0940. The van der Waals surface area contributed by atoms with E-state index in [0.717, 1.165) is 0 Å². The van der Waals surface area contributed by atoms with Gasteiger partial charge in [0.05, 0.1) is 5.56 Å². The Bertz CT molecular complexity index is 1220. The molecule has 2 N–H and O–H groups in total. The number of nitrogens with zero attached hydrogens (tertiary/aromatic N) is 1. The summed E-state index contributed by atoms with van der Waals surface area (Å²) in [5.41, 5.74) is -1.64. The number of aryl methyl sites for hydroxylation is 1. The molecule has 0 saturated carbocycles. The van der Waals surface area contributed by atoms with Gasteiger partial charge in [0.2, 0.25) is 15.8 Å². The summed E-state index contributed by atoms with van der Waals surface area (Å²) in [5, 5.41) is 8.48. The number of rotatable bonds is 3. The second kappa shape index (κ2) is 7.08. The predicted octanol–water partition coefficient (Wildman–Crippen LogP) is 4.91. The van der Waals surface area contributed by atoms with Crippen molar-refractivity contribution < 1.29 is 34.9 Å². The van der Waals surface area contributed by atoms with E-state index in [-0.39, 0.29) is 11.6 Å². The Kier molecular flexibility index (Phi) is 5.18. The quantitative estimate of drug-likeness (QED) is 0.572. The minimum Gasteiger partial charge on any atom is -0.350 e. The molecule has 0 amide bonds. The van der Waals surface area contributed by atoms with E-state index in [0.29, 0.717) is 16.7 Å². The summed E-state index contributed by atoms with van der Waals surface area (Å²) in [6.07, 6.45) is -5.09. The van der Waals surface area contributed by atoms with E-state index in [1.54, 1.807) is 6.92 Å². The first kappa shape index (κ1) is 21.2. The lowest BCUT2D eigenvalue weighted by atomic mass is 9.97. The van der Waals surface area contributed by atoms with Crippen LogP contribution < -0.4 is 5.14 Å². The Morgan fingerprint density at radius 1 is 1.10 bits per heavy atom. The third-order valence-electron chi connectivity index (χ3n) is 3.98. The van der Waals surface area contributed by atoms with E-state index in [1.165, 1.54) is 18.2 Å². The Hall–Kier alpha value is -2.50. The lowest BCUT2D eigenvalue weighted by molar-refractivity contribution is -0.154. The number of halogens is 6. The number of nitrogens with two attached hydrogens (primary N) is 1. The maximum Gasteiger partial charge on any atom is 0.453 e. The van der Waals surface area contributed by atoms with Crippen LogP contribution in [0.3, 0.4) is 0 Å². The van der Waals surface area contributed by atoms with E-state index >= 15 is 0 Å². The van der Waals surface area contributed by atoms with Crippen LogP contribution in [0.2, 0.25) is 5.02 Å². The van der Waals surface area contributed by atoms with Gasteiger partial charge in [-0.25, -0.2) is 22.3 Å². The minimum atomic E-state index is -5.09. The molecule has 0 radical (unpaired) electrons. The molecule has 0 aliphatic heterocycles. The van der Waals surface area contributed by atoms with E-state index < -0.39 is 55.3 Å². The van der Waals surface area contributed by atoms with Crippen LogP contribution in [0, 0.1) is 18.6 Å². The van der Waals surface area contributed by atoms with Crippen molar-refractivity contribution in [3.63, 3.8) is 0 Å². The average Bonchev–Trinajstić information content (AvgIpc) is 3.03. The smallest absolute Gasteiger partial charge is 0.350 e. The molecule has 3 aromatic rings. The first-order valence-corrected chi connectivity index (χ1v) is 9.58. The molecule has 1 aromatic heterocycles. The number of sulfonamides is 1. The average molecular weight is 453 g/mol. The van der Waals surface area contributed by atoms with Crippen LogP contribution >= 0.6 is 11.6 Å². The van der Waals surface area contributed by atoms with Gasteiger partial charge < -0.3 is 4.52 Å². The highest BCUT2D eigenvalue weighted by Gasteiger charge is 2.42. The lowest BCUT2D eigenvalue weighted by Gasteiger charge is -2.10. The Morgan fingerprint density at radius 2 is 1.76 bits per heavy atom. The third kappa shape index (κ3) is 3.98. The molecular weight excluding hydrogens is 443 g/mol. The topological polar surface area (TPSA) is 86.2 Å². The van der Waals surface area contributed by atoms with Gasteiger partial charge in [-0.3, -0.25) is 0 Å². The molecule has 12 heteroatoms. The Balaban J connectivity index is 2.35. The normalized spacial score (nSPS) is 12.4. The van der Waals surface area contributed by atoms with Gasteiger partial charge in [-0.2, -0.15) is 13.2 Å². The third-order valence-corrected chi connectivity index (χ3v) is 5.33. The van der Waals surface area contributed by atoms with Crippen molar-refractivity contribution in [2.24, 2.45) is 5.14 Å². The summed E-state index contributed by atoms with van der Waals surface area (Å²) in [6, 6.07) is 4.59. The first-order valence-electron chi connectivity index (χ1n) is 7.66. The molecular formula is C17H10ClF5N2O3S. The number of benzene rings is 2. The zero-order valence-electron chi connectivity index (χ0n) is 14.3. The monoisotopic (exact) mass is 452 g/mol. The standard InChI is InChI=1S/C17H10ClF5N2O3S/c1-7-4-8(2-3-10(7)18)15-14(16(28-25-15)17(21,22)23)9-5-12(20)13(6-11(9)19)29(24,26)27/h2-6H,1H3,(H2,24,26,27). The molecule has 0 aliphatic rings. The van der Waals surface area contributed by atoms with Crippen LogP contribution in [0.15, 0.2) is 39.8 Å². The highest BCUT2D eigenvalue weighted by Crippen LogP contribution is 2.44. The summed E-state index contributed by atoms with van der Waals surface area (Å²) in [7, 11) is -4.64. The number of primary sulfonamides is 1. The van der Waals surface area contributed by atoms with E-state index in [9.17, 15) is 30.4 Å².